The van der Waals surface area contributed by atoms with Crippen LogP contribution in [0.5, 0.6) is 5.75 Å². The number of phenolic OH excluding ortho intramolecular Hbond substituents is 1. The Kier molecular flexibility index (Phi) is 8.02. The van der Waals surface area contributed by atoms with E-state index in [2.05, 4.69) is 10.6 Å². The smallest absolute Gasteiger partial charge is 0.227 e. The van der Waals surface area contributed by atoms with Crippen molar-refractivity contribution in [1.82, 2.24) is 0 Å². The monoisotopic (exact) mass is 492 g/mol. The van der Waals surface area contributed by atoms with Gasteiger partial charge < -0.3 is 15.7 Å². The Balaban J connectivity index is 1.65. The molecule has 0 aliphatic heterocycles. The van der Waals surface area contributed by atoms with E-state index in [0.717, 1.165) is 37.7 Å². The minimum Gasteiger partial charge on any atom is -0.506 e. The number of carbonyl (C=O) groups is 2. The molecule has 2 amide bonds. The number of sulfone groups is 1. The van der Waals surface area contributed by atoms with E-state index in [1.165, 1.54) is 31.2 Å². The van der Waals surface area contributed by atoms with Gasteiger partial charge in [0.05, 0.1) is 26.5 Å². The highest BCUT2D eigenvalue weighted by molar-refractivity contribution is 7.92. The van der Waals surface area contributed by atoms with Gasteiger partial charge in [-0.15, -0.1) is 0 Å². The number of hydrogen-bond acceptors (Lipinski definition) is 5. The molecular weight excluding hydrogens is 464 g/mol. The van der Waals surface area contributed by atoms with Gasteiger partial charge >= 0.3 is 0 Å². The van der Waals surface area contributed by atoms with Crippen LogP contribution in [0.25, 0.3) is 0 Å². The van der Waals surface area contributed by atoms with E-state index >= 15 is 0 Å². The summed E-state index contributed by atoms with van der Waals surface area (Å²) in [7, 11) is -3.68. The molecular formula is C24H29ClN2O5S. The number of aromatic hydroxyl groups is 1. The van der Waals surface area contributed by atoms with Crippen molar-refractivity contribution in [2.75, 3.05) is 10.6 Å². The third-order valence-corrected chi connectivity index (χ3v) is 8.41. The van der Waals surface area contributed by atoms with Crippen molar-refractivity contribution >= 4 is 44.6 Å². The molecule has 0 aromatic heterocycles. The first kappa shape index (κ1) is 25.1. The van der Waals surface area contributed by atoms with Crippen LogP contribution in [-0.4, -0.2) is 30.6 Å². The fourth-order valence-corrected chi connectivity index (χ4v) is 5.45. The maximum atomic E-state index is 12.7. The lowest BCUT2D eigenvalue weighted by molar-refractivity contribution is -0.120. The second-order valence-corrected chi connectivity index (χ2v) is 11.4. The van der Waals surface area contributed by atoms with E-state index in [1.807, 2.05) is 6.92 Å². The van der Waals surface area contributed by atoms with Crippen LogP contribution in [0, 0.1) is 12.8 Å². The lowest BCUT2D eigenvalue weighted by atomic mass is 9.88. The molecule has 9 heteroatoms. The van der Waals surface area contributed by atoms with E-state index < -0.39 is 21.0 Å². The van der Waals surface area contributed by atoms with Crippen LogP contribution in [0.1, 0.15) is 51.0 Å². The summed E-state index contributed by atoms with van der Waals surface area (Å²) in [4.78, 5) is 25.1. The van der Waals surface area contributed by atoms with E-state index in [-0.39, 0.29) is 45.3 Å². The van der Waals surface area contributed by atoms with Crippen molar-refractivity contribution in [3.63, 3.8) is 0 Å². The molecule has 3 N–H and O–H groups in total. The highest BCUT2D eigenvalue weighted by Crippen LogP contribution is 2.35. The number of amides is 2. The Morgan fingerprint density at radius 3 is 2.33 bits per heavy atom. The summed E-state index contributed by atoms with van der Waals surface area (Å²) in [6, 6.07) is 9.08. The average molecular weight is 493 g/mol. The van der Waals surface area contributed by atoms with Crippen LogP contribution in [0.4, 0.5) is 11.4 Å². The summed E-state index contributed by atoms with van der Waals surface area (Å²) in [5, 5.41) is 14.8. The Morgan fingerprint density at radius 1 is 1.06 bits per heavy atom. The van der Waals surface area contributed by atoms with Gasteiger partial charge in [-0.05, 0) is 44.9 Å². The summed E-state index contributed by atoms with van der Waals surface area (Å²) in [6.45, 7) is 3.33. The molecule has 178 valence electrons. The first-order valence-corrected chi connectivity index (χ1v) is 12.9. The Labute approximate surface area is 199 Å². The van der Waals surface area contributed by atoms with Gasteiger partial charge in [0.2, 0.25) is 11.8 Å². The Bertz CT molecular complexity index is 1130. The summed E-state index contributed by atoms with van der Waals surface area (Å²) in [5.41, 5.74) is 1.24. The lowest BCUT2D eigenvalue weighted by Gasteiger charge is -2.21. The molecule has 0 spiro atoms. The standard InChI is InChI=1S/C24H29ClN2O5S/c1-15-8-10-18(11-9-15)33(31,32)16(2)12-23(29)26-20-14-22(28)21(13-19(20)25)27-24(30)17-6-4-3-5-7-17/h8-11,13-14,16-17,28H,3-7,12H2,1-2H3,(H,26,29)(H,27,30). The van der Waals surface area contributed by atoms with Gasteiger partial charge in [-0.25, -0.2) is 8.42 Å². The third-order valence-electron chi connectivity index (χ3n) is 5.95. The van der Waals surface area contributed by atoms with Crippen LogP contribution >= 0.6 is 11.6 Å². The normalized spacial score (nSPS) is 15.6. The van der Waals surface area contributed by atoms with E-state index in [9.17, 15) is 23.1 Å². The first-order valence-electron chi connectivity index (χ1n) is 11.0. The first-order chi connectivity index (χ1) is 15.6. The number of anilines is 2. The molecule has 2 aromatic rings. The topological polar surface area (TPSA) is 113 Å². The Hall–Kier alpha value is -2.58. The molecule has 1 atom stereocenters. The molecule has 2 aromatic carbocycles. The van der Waals surface area contributed by atoms with Gasteiger partial charge in [0, 0.05) is 18.4 Å². The zero-order chi connectivity index (χ0) is 24.2. The van der Waals surface area contributed by atoms with Crippen LogP contribution in [0.15, 0.2) is 41.3 Å². The zero-order valence-corrected chi connectivity index (χ0v) is 20.3. The summed E-state index contributed by atoms with van der Waals surface area (Å²) < 4.78 is 25.5. The number of benzene rings is 2. The molecule has 1 saturated carbocycles. The molecule has 33 heavy (non-hydrogen) atoms. The number of halogens is 1. The van der Waals surface area contributed by atoms with Crippen molar-refractivity contribution < 1.29 is 23.1 Å². The molecule has 1 aliphatic carbocycles. The van der Waals surface area contributed by atoms with E-state index in [0.29, 0.717) is 0 Å². The molecule has 1 fully saturated rings. The quantitative estimate of drug-likeness (QED) is 0.467. The summed E-state index contributed by atoms with van der Waals surface area (Å²) >= 11 is 6.26. The number of carbonyl (C=O) groups excluding carboxylic acids is 2. The Morgan fingerprint density at radius 2 is 1.70 bits per heavy atom. The van der Waals surface area contributed by atoms with Crippen molar-refractivity contribution in [2.24, 2.45) is 5.92 Å². The van der Waals surface area contributed by atoms with Gasteiger partial charge in [0.1, 0.15) is 5.75 Å². The molecule has 1 aliphatic rings. The van der Waals surface area contributed by atoms with Crippen molar-refractivity contribution in [3.05, 3.63) is 47.0 Å². The van der Waals surface area contributed by atoms with Gasteiger partial charge in [0.25, 0.3) is 0 Å². The average Bonchev–Trinajstić information content (AvgIpc) is 2.78. The fraction of sp³-hybridized carbons (Fsp3) is 0.417. The van der Waals surface area contributed by atoms with Crippen LogP contribution in [0.2, 0.25) is 5.02 Å². The number of phenols is 1. The minimum atomic E-state index is -3.68. The number of hydrogen-bond donors (Lipinski definition) is 3. The highest BCUT2D eigenvalue weighted by Gasteiger charge is 2.26. The summed E-state index contributed by atoms with van der Waals surface area (Å²) in [6.07, 6.45) is 4.49. The third kappa shape index (κ3) is 6.26. The zero-order valence-electron chi connectivity index (χ0n) is 18.7. The van der Waals surface area contributed by atoms with Gasteiger partial charge in [0.15, 0.2) is 9.84 Å². The minimum absolute atomic E-state index is 0.0896. The van der Waals surface area contributed by atoms with Crippen LogP contribution in [0.3, 0.4) is 0 Å². The molecule has 3 rings (SSSR count). The molecule has 7 nitrogen and oxygen atoms in total. The molecule has 0 bridgehead atoms. The maximum Gasteiger partial charge on any atom is 0.227 e. The number of rotatable bonds is 7. The highest BCUT2D eigenvalue weighted by atomic mass is 35.5. The SMILES string of the molecule is Cc1ccc(S(=O)(=O)C(C)CC(=O)Nc2cc(O)c(NC(=O)C3CCCCC3)cc2Cl)cc1. The predicted molar refractivity (Wildman–Crippen MR) is 129 cm³/mol. The number of nitrogens with one attached hydrogen (secondary N) is 2. The molecule has 0 radical (unpaired) electrons. The van der Waals surface area contributed by atoms with Crippen molar-refractivity contribution in [1.29, 1.82) is 0 Å². The second-order valence-electron chi connectivity index (χ2n) is 8.59. The molecule has 0 saturated heterocycles. The van der Waals surface area contributed by atoms with Gasteiger partial charge in [-0.2, -0.15) is 0 Å². The van der Waals surface area contributed by atoms with E-state index in [1.54, 1.807) is 12.1 Å². The second kappa shape index (κ2) is 10.6. The predicted octanol–water partition coefficient (Wildman–Crippen LogP) is 5.06. The molecule has 0 heterocycles. The lowest BCUT2D eigenvalue weighted by Crippen LogP contribution is -2.25. The van der Waals surface area contributed by atoms with Gasteiger partial charge in [-0.3, -0.25) is 9.59 Å². The number of aryl methyl sites for hydroxylation is 1. The van der Waals surface area contributed by atoms with Crippen molar-refractivity contribution in [2.45, 2.75) is 62.5 Å². The van der Waals surface area contributed by atoms with Crippen LogP contribution in [-0.2, 0) is 19.4 Å². The van der Waals surface area contributed by atoms with Crippen LogP contribution < -0.4 is 10.6 Å². The molecule has 1 unspecified atom stereocenters. The van der Waals surface area contributed by atoms with E-state index in [4.69, 9.17) is 11.6 Å². The largest absolute Gasteiger partial charge is 0.506 e. The van der Waals surface area contributed by atoms with Gasteiger partial charge in [-0.1, -0.05) is 48.6 Å². The maximum absolute atomic E-state index is 12.7. The fourth-order valence-electron chi connectivity index (χ4n) is 3.89. The van der Waals surface area contributed by atoms with Crippen molar-refractivity contribution in [3.8, 4) is 5.75 Å². The summed E-state index contributed by atoms with van der Waals surface area (Å²) in [5.74, 6) is -1.04.